The van der Waals surface area contributed by atoms with Crippen molar-refractivity contribution in [2.75, 3.05) is 18.0 Å². The first-order valence-corrected chi connectivity index (χ1v) is 8.18. The molecule has 1 aliphatic rings. The second kappa shape index (κ2) is 6.82. The van der Waals surface area contributed by atoms with E-state index in [0.29, 0.717) is 18.0 Å². The van der Waals surface area contributed by atoms with Gasteiger partial charge in [0.15, 0.2) is 0 Å². The van der Waals surface area contributed by atoms with Gasteiger partial charge in [-0.2, -0.15) is 0 Å². The number of hydrogen-bond donors (Lipinski definition) is 1. The van der Waals surface area contributed by atoms with Crippen molar-refractivity contribution in [3.05, 3.63) is 28.8 Å². The third-order valence-corrected chi connectivity index (χ3v) is 4.96. The Kier molecular flexibility index (Phi) is 5.34. The van der Waals surface area contributed by atoms with Crippen molar-refractivity contribution in [1.82, 2.24) is 5.32 Å². The van der Waals surface area contributed by atoms with E-state index in [9.17, 15) is 0 Å². The Morgan fingerprint density at radius 2 is 2.10 bits per heavy atom. The summed E-state index contributed by atoms with van der Waals surface area (Å²) in [7, 11) is 0. The van der Waals surface area contributed by atoms with E-state index in [0.717, 1.165) is 18.1 Å². The van der Waals surface area contributed by atoms with Gasteiger partial charge in [0.25, 0.3) is 0 Å². The van der Waals surface area contributed by atoms with E-state index < -0.39 is 0 Å². The summed E-state index contributed by atoms with van der Waals surface area (Å²) < 4.78 is 0. The number of aryl methyl sites for hydroxylation is 1. The van der Waals surface area contributed by atoms with Crippen LogP contribution in [0, 0.1) is 12.8 Å². The van der Waals surface area contributed by atoms with Crippen LogP contribution in [0.1, 0.15) is 39.2 Å². The zero-order valence-corrected chi connectivity index (χ0v) is 13.9. The van der Waals surface area contributed by atoms with E-state index in [1.54, 1.807) is 0 Å². The van der Waals surface area contributed by atoms with Crippen molar-refractivity contribution in [1.29, 1.82) is 0 Å². The summed E-state index contributed by atoms with van der Waals surface area (Å²) in [6.07, 6.45) is 2.39. The number of halogens is 1. The first kappa shape index (κ1) is 15.7. The van der Waals surface area contributed by atoms with E-state index in [2.05, 4.69) is 50.0 Å². The average Bonchev–Trinajstić information content (AvgIpc) is 2.43. The molecule has 0 radical (unpaired) electrons. The maximum atomic E-state index is 6.41. The van der Waals surface area contributed by atoms with Crippen LogP contribution in [0.25, 0.3) is 0 Å². The van der Waals surface area contributed by atoms with Crippen LogP contribution in [-0.4, -0.2) is 25.2 Å². The van der Waals surface area contributed by atoms with Gasteiger partial charge in [0.05, 0.1) is 10.7 Å². The Bertz CT molecular complexity index is 447. The van der Waals surface area contributed by atoms with Gasteiger partial charge in [-0.3, -0.25) is 0 Å². The van der Waals surface area contributed by atoms with Crippen molar-refractivity contribution in [2.45, 2.75) is 52.6 Å². The van der Waals surface area contributed by atoms with Gasteiger partial charge in [-0.1, -0.05) is 31.5 Å². The number of piperidine rings is 1. The molecule has 1 N–H and O–H groups in total. The minimum absolute atomic E-state index is 0.511. The number of rotatable bonds is 4. The molecule has 112 valence electrons. The zero-order chi connectivity index (χ0) is 14.7. The molecule has 1 saturated heterocycles. The zero-order valence-electron chi connectivity index (χ0n) is 13.1. The molecule has 0 aromatic heterocycles. The molecule has 3 unspecified atom stereocenters. The van der Waals surface area contributed by atoms with Crippen molar-refractivity contribution >= 4 is 17.3 Å². The van der Waals surface area contributed by atoms with E-state index in [4.69, 9.17) is 11.6 Å². The smallest absolute Gasteiger partial charge is 0.0639 e. The topological polar surface area (TPSA) is 15.3 Å². The van der Waals surface area contributed by atoms with Gasteiger partial charge >= 0.3 is 0 Å². The molecule has 0 amide bonds. The molecular formula is C17H27ClN2. The average molecular weight is 295 g/mol. The van der Waals surface area contributed by atoms with Crippen molar-refractivity contribution in [2.24, 2.45) is 5.92 Å². The highest BCUT2D eigenvalue weighted by molar-refractivity contribution is 6.33. The molecule has 2 rings (SSSR count). The lowest BCUT2D eigenvalue weighted by Gasteiger charge is -2.44. The third-order valence-electron chi connectivity index (χ3n) is 4.64. The lowest BCUT2D eigenvalue weighted by Crippen LogP contribution is -2.53. The van der Waals surface area contributed by atoms with Crippen LogP contribution in [0.4, 0.5) is 5.69 Å². The molecule has 1 fully saturated rings. The molecule has 1 aromatic carbocycles. The normalized spacial score (nSPS) is 26.9. The Morgan fingerprint density at radius 3 is 2.80 bits per heavy atom. The fourth-order valence-corrected chi connectivity index (χ4v) is 3.39. The van der Waals surface area contributed by atoms with Crippen molar-refractivity contribution in [3.63, 3.8) is 0 Å². The lowest BCUT2D eigenvalue weighted by atomic mass is 9.86. The second-order valence-electron chi connectivity index (χ2n) is 6.10. The fraction of sp³-hybridized carbons (Fsp3) is 0.647. The molecule has 0 spiro atoms. The molecule has 3 heteroatoms. The predicted octanol–water partition coefficient (Wildman–Crippen LogP) is 4.25. The summed E-state index contributed by atoms with van der Waals surface area (Å²) in [6.45, 7) is 11.2. The monoisotopic (exact) mass is 294 g/mol. The second-order valence-corrected chi connectivity index (χ2v) is 6.50. The summed E-state index contributed by atoms with van der Waals surface area (Å²) in [6, 6.07) is 7.45. The fourth-order valence-electron chi connectivity index (χ4n) is 3.17. The van der Waals surface area contributed by atoms with Crippen LogP contribution in [0.15, 0.2) is 18.2 Å². The van der Waals surface area contributed by atoms with E-state index in [1.165, 1.54) is 24.1 Å². The van der Waals surface area contributed by atoms with Gasteiger partial charge in [0.2, 0.25) is 0 Å². The van der Waals surface area contributed by atoms with Gasteiger partial charge in [0.1, 0.15) is 0 Å². The Morgan fingerprint density at radius 1 is 1.35 bits per heavy atom. The first-order chi connectivity index (χ1) is 9.54. The van der Waals surface area contributed by atoms with E-state index in [-0.39, 0.29) is 0 Å². The summed E-state index contributed by atoms with van der Waals surface area (Å²) in [4.78, 5) is 2.48. The molecule has 20 heavy (non-hydrogen) atoms. The molecule has 0 saturated carbocycles. The molecule has 0 bridgehead atoms. The summed E-state index contributed by atoms with van der Waals surface area (Å²) in [5.41, 5.74) is 2.47. The van der Waals surface area contributed by atoms with Gasteiger partial charge in [-0.05, 0) is 56.8 Å². The largest absolute Gasteiger partial charge is 0.367 e. The molecule has 3 atom stereocenters. The highest BCUT2D eigenvalue weighted by atomic mass is 35.5. The molecule has 0 aliphatic carbocycles. The van der Waals surface area contributed by atoms with Gasteiger partial charge < -0.3 is 10.2 Å². The van der Waals surface area contributed by atoms with Crippen LogP contribution in [-0.2, 0) is 0 Å². The number of nitrogens with zero attached hydrogens (tertiary/aromatic N) is 1. The van der Waals surface area contributed by atoms with E-state index in [1.807, 2.05) is 6.07 Å². The first-order valence-electron chi connectivity index (χ1n) is 7.80. The lowest BCUT2D eigenvalue weighted by molar-refractivity contribution is 0.271. The number of hydrogen-bond acceptors (Lipinski definition) is 2. The molecular weight excluding hydrogens is 268 g/mol. The SMILES string of the molecule is CCCNC1CCN(c2cc(C)ccc2Cl)C(C)C1C. The number of benzene rings is 1. The maximum absolute atomic E-state index is 6.41. The van der Waals surface area contributed by atoms with Crippen molar-refractivity contribution < 1.29 is 0 Å². The molecule has 1 aliphatic heterocycles. The Hall–Kier alpha value is -0.730. The predicted molar refractivity (Wildman–Crippen MR) is 88.9 cm³/mol. The van der Waals surface area contributed by atoms with Crippen LogP contribution in [0.2, 0.25) is 5.02 Å². The molecule has 2 nitrogen and oxygen atoms in total. The van der Waals surface area contributed by atoms with Gasteiger partial charge in [0, 0.05) is 18.6 Å². The maximum Gasteiger partial charge on any atom is 0.0639 e. The number of nitrogens with one attached hydrogen (secondary N) is 1. The third kappa shape index (κ3) is 3.29. The van der Waals surface area contributed by atoms with Crippen LogP contribution in [0.5, 0.6) is 0 Å². The van der Waals surface area contributed by atoms with Crippen LogP contribution in [0.3, 0.4) is 0 Å². The minimum Gasteiger partial charge on any atom is -0.367 e. The highest BCUT2D eigenvalue weighted by Gasteiger charge is 2.32. The van der Waals surface area contributed by atoms with Gasteiger partial charge in [-0.15, -0.1) is 0 Å². The van der Waals surface area contributed by atoms with Gasteiger partial charge in [-0.25, -0.2) is 0 Å². The van der Waals surface area contributed by atoms with Crippen molar-refractivity contribution in [3.8, 4) is 0 Å². The molecule has 1 heterocycles. The Balaban J connectivity index is 2.13. The quantitative estimate of drug-likeness (QED) is 0.893. The standard InChI is InChI=1S/C17H27ClN2/c1-5-9-19-16-8-10-20(14(4)13(16)3)17-11-12(2)6-7-15(17)18/h6-7,11,13-14,16,19H,5,8-10H2,1-4H3. The summed E-state index contributed by atoms with van der Waals surface area (Å²) in [5, 5.41) is 4.56. The summed E-state index contributed by atoms with van der Waals surface area (Å²) >= 11 is 6.41. The minimum atomic E-state index is 0.511. The van der Waals surface area contributed by atoms with E-state index >= 15 is 0 Å². The molecule has 1 aromatic rings. The van der Waals surface area contributed by atoms with Crippen LogP contribution >= 0.6 is 11.6 Å². The Labute approximate surface area is 128 Å². The highest BCUT2D eigenvalue weighted by Crippen LogP contribution is 2.34. The number of anilines is 1. The van der Waals surface area contributed by atoms with Crippen LogP contribution < -0.4 is 10.2 Å². The summed E-state index contributed by atoms with van der Waals surface area (Å²) in [5.74, 6) is 0.631.